The van der Waals surface area contributed by atoms with E-state index >= 15 is 0 Å². The second kappa shape index (κ2) is 6.71. The van der Waals surface area contributed by atoms with Gasteiger partial charge in [0.05, 0.1) is 0 Å². The third-order valence-corrected chi connectivity index (χ3v) is 3.90. The van der Waals surface area contributed by atoms with Gasteiger partial charge in [-0.3, -0.25) is 4.79 Å². The predicted molar refractivity (Wildman–Crippen MR) is 87.0 cm³/mol. The number of ether oxygens (including phenoxy) is 2. The van der Waals surface area contributed by atoms with Gasteiger partial charge in [-0.05, 0) is 23.3 Å². The van der Waals surface area contributed by atoms with Crippen LogP contribution in [0.1, 0.15) is 23.6 Å². The number of hydrogen-bond donors (Lipinski definition) is 1. The van der Waals surface area contributed by atoms with Gasteiger partial charge in [-0.25, -0.2) is 0 Å². The van der Waals surface area contributed by atoms with E-state index in [9.17, 15) is 4.79 Å². The first kappa shape index (κ1) is 15.4. The van der Waals surface area contributed by atoms with Crippen molar-refractivity contribution in [2.45, 2.75) is 19.0 Å². The lowest BCUT2D eigenvalue weighted by Gasteiger charge is -2.20. The highest BCUT2D eigenvalue weighted by Crippen LogP contribution is 2.32. The van der Waals surface area contributed by atoms with Gasteiger partial charge in [0.2, 0.25) is 12.7 Å². The second-order valence-electron chi connectivity index (χ2n) is 5.66. The fourth-order valence-electron chi connectivity index (χ4n) is 2.56. The van der Waals surface area contributed by atoms with Crippen LogP contribution in [0.15, 0.2) is 48.5 Å². The number of hydrogen-bond acceptors (Lipinski definition) is 4. The van der Waals surface area contributed by atoms with Gasteiger partial charge in [0.15, 0.2) is 11.5 Å². The topological polar surface area (TPSA) is 64.8 Å². The lowest BCUT2D eigenvalue weighted by molar-refractivity contribution is -0.130. The van der Waals surface area contributed by atoms with Crippen molar-refractivity contribution in [2.75, 3.05) is 13.8 Å². The highest BCUT2D eigenvalue weighted by Gasteiger charge is 2.17. The van der Waals surface area contributed by atoms with Crippen molar-refractivity contribution in [3.63, 3.8) is 0 Å². The quantitative estimate of drug-likeness (QED) is 0.921. The monoisotopic (exact) mass is 312 g/mol. The zero-order chi connectivity index (χ0) is 16.2. The van der Waals surface area contributed by atoms with Crippen LogP contribution in [-0.4, -0.2) is 24.6 Å². The molecule has 2 aromatic rings. The van der Waals surface area contributed by atoms with Crippen molar-refractivity contribution < 1.29 is 14.3 Å². The van der Waals surface area contributed by atoms with Gasteiger partial charge in [-0.1, -0.05) is 36.4 Å². The van der Waals surface area contributed by atoms with Crippen molar-refractivity contribution in [1.82, 2.24) is 4.90 Å². The maximum absolute atomic E-state index is 12.4. The molecule has 23 heavy (non-hydrogen) atoms. The number of carbonyl (C=O) groups excluding carboxylic acids is 1. The van der Waals surface area contributed by atoms with Crippen LogP contribution in [0, 0.1) is 0 Å². The molecule has 1 unspecified atom stereocenters. The molecule has 0 spiro atoms. The molecule has 0 radical (unpaired) electrons. The van der Waals surface area contributed by atoms with E-state index in [4.69, 9.17) is 15.2 Å². The average Bonchev–Trinajstić information content (AvgIpc) is 3.03. The normalized spacial score (nSPS) is 13.7. The molecule has 1 heterocycles. The van der Waals surface area contributed by atoms with Crippen LogP contribution in [0.25, 0.3) is 0 Å². The Bertz CT molecular complexity index is 688. The van der Waals surface area contributed by atoms with E-state index in [1.54, 1.807) is 11.9 Å². The Morgan fingerprint density at radius 1 is 1.17 bits per heavy atom. The van der Waals surface area contributed by atoms with Crippen LogP contribution in [0.5, 0.6) is 11.5 Å². The molecule has 2 aromatic carbocycles. The fourth-order valence-corrected chi connectivity index (χ4v) is 2.56. The Morgan fingerprint density at radius 3 is 2.70 bits per heavy atom. The Morgan fingerprint density at radius 2 is 1.91 bits per heavy atom. The third kappa shape index (κ3) is 3.63. The van der Waals surface area contributed by atoms with Crippen molar-refractivity contribution in [3.8, 4) is 11.5 Å². The second-order valence-corrected chi connectivity index (χ2v) is 5.66. The summed E-state index contributed by atoms with van der Waals surface area (Å²) in [5.41, 5.74) is 8.09. The molecule has 1 amide bonds. The predicted octanol–water partition coefficient (Wildman–Crippen LogP) is 2.46. The minimum absolute atomic E-state index is 0.0130. The molecule has 0 saturated carbocycles. The first-order valence-corrected chi connectivity index (χ1v) is 7.56. The highest BCUT2D eigenvalue weighted by molar-refractivity contribution is 5.76. The zero-order valence-corrected chi connectivity index (χ0v) is 13.1. The number of nitrogens with zero attached hydrogens (tertiary/aromatic N) is 1. The van der Waals surface area contributed by atoms with E-state index in [0.29, 0.717) is 6.54 Å². The lowest BCUT2D eigenvalue weighted by Crippen LogP contribution is -2.29. The summed E-state index contributed by atoms with van der Waals surface area (Å²) in [6, 6.07) is 15.1. The van der Waals surface area contributed by atoms with Gasteiger partial charge < -0.3 is 20.1 Å². The van der Waals surface area contributed by atoms with Gasteiger partial charge in [0.1, 0.15) is 0 Å². The fraction of sp³-hybridized carbons (Fsp3) is 0.278. The molecule has 0 aliphatic carbocycles. The van der Waals surface area contributed by atoms with Gasteiger partial charge in [-0.15, -0.1) is 0 Å². The molecule has 5 nitrogen and oxygen atoms in total. The summed E-state index contributed by atoms with van der Waals surface area (Å²) in [7, 11) is 1.78. The minimum Gasteiger partial charge on any atom is -0.454 e. The first-order chi connectivity index (χ1) is 11.1. The van der Waals surface area contributed by atoms with Gasteiger partial charge in [0, 0.05) is 26.1 Å². The number of benzene rings is 2. The molecule has 2 N–H and O–H groups in total. The standard InChI is InChI=1S/C18H20N2O3/c1-20(11-13-7-8-16-17(9-13)23-12-22-16)18(21)10-15(19)14-5-3-2-4-6-14/h2-9,15H,10-12,19H2,1H3. The summed E-state index contributed by atoms with van der Waals surface area (Å²) in [5, 5.41) is 0. The van der Waals surface area contributed by atoms with Gasteiger partial charge >= 0.3 is 0 Å². The molecule has 3 rings (SSSR count). The summed E-state index contributed by atoms with van der Waals surface area (Å²) < 4.78 is 10.6. The molecule has 0 fully saturated rings. The van der Waals surface area contributed by atoms with Crippen LogP contribution in [0.4, 0.5) is 0 Å². The molecule has 1 atom stereocenters. The van der Waals surface area contributed by atoms with E-state index in [2.05, 4.69) is 0 Å². The van der Waals surface area contributed by atoms with Crippen molar-refractivity contribution in [2.24, 2.45) is 5.73 Å². The lowest BCUT2D eigenvalue weighted by atomic mass is 10.0. The molecule has 1 aliphatic rings. The maximum atomic E-state index is 12.4. The summed E-state index contributed by atoms with van der Waals surface area (Å²) in [4.78, 5) is 14.0. The van der Waals surface area contributed by atoms with E-state index in [1.807, 2.05) is 48.5 Å². The van der Waals surface area contributed by atoms with Gasteiger partial charge in [0.25, 0.3) is 0 Å². The Balaban J connectivity index is 1.59. The number of rotatable bonds is 5. The number of fused-ring (bicyclic) bond motifs is 1. The summed E-state index contributed by atoms with van der Waals surface area (Å²) in [5.74, 6) is 1.48. The largest absolute Gasteiger partial charge is 0.454 e. The highest BCUT2D eigenvalue weighted by atomic mass is 16.7. The smallest absolute Gasteiger partial charge is 0.231 e. The summed E-state index contributed by atoms with van der Waals surface area (Å²) in [6.45, 7) is 0.760. The van der Waals surface area contributed by atoms with E-state index < -0.39 is 0 Å². The van der Waals surface area contributed by atoms with E-state index in [1.165, 1.54) is 0 Å². The first-order valence-electron chi connectivity index (χ1n) is 7.56. The van der Waals surface area contributed by atoms with Crippen LogP contribution < -0.4 is 15.2 Å². The minimum atomic E-state index is -0.289. The Labute approximate surface area is 135 Å². The van der Waals surface area contributed by atoms with Crippen LogP contribution in [-0.2, 0) is 11.3 Å². The molecule has 5 heteroatoms. The molecule has 120 valence electrons. The molecule has 1 aliphatic heterocycles. The number of amides is 1. The molecular weight excluding hydrogens is 292 g/mol. The maximum Gasteiger partial charge on any atom is 0.231 e. The van der Waals surface area contributed by atoms with E-state index in [-0.39, 0.29) is 25.2 Å². The zero-order valence-electron chi connectivity index (χ0n) is 13.1. The summed E-state index contributed by atoms with van der Waals surface area (Å²) >= 11 is 0. The molecule has 0 bridgehead atoms. The van der Waals surface area contributed by atoms with Crippen LogP contribution in [0.2, 0.25) is 0 Å². The molecule has 0 saturated heterocycles. The molecule has 0 aromatic heterocycles. The average molecular weight is 312 g/mol. The Hall–Kier alpha value is -2.53. The SMILES string of the molecule is CN(Cc1ccc2c(c1)OCO2)C(=O)CC(N)c1ccccc1. The Kier molecular flexibility index (Phi) is 4.48. The van der Waals surface area contributed by atoms with E-state index in [0.717, 1.165) is 22.6 Å². The van der Waals surface area contributed by atoms with Crippen LogP contribution >= 0.6 is 0 Å². The molecular formula is C18H20N2O3. The number of carbonyl (C=O) groups is 1. The van der Waals surface area contributed by atoms with Crippen molar-refractivity contribution >= 4 is 5.91 Å². The van der Waals surface area contributed by atoms with Gasteiger partial charge in [-0.2, -0.15) is 0 Å². The third-order valence-electron chi connectivity index (χ3n) is 3.90. The summed E-state index contributed by atoms with van der Waals surface area (Å²) in [6.07, 6.45) is 0.283. The van der Waals surface area contributed by atoms with Crippen molar-refractivity contribution in [3.05, 3.63) is 59.7 Å². The van der Waals surface area contributed by atoms with Crippen molar-refractivity contribution in [1.29, 1.82) is 0 Å². The number of nitrogens with two attached hydrogens (primary N) is 1. The van der Waals surface area contributed by atoms with Crippen LogP contribution in [0.3, 0.4) is 0 Å².